The van der Waals surface area contributed by atoms with Gasteiger partial charge in [-0.3, -0.25) is 0 Å². The van der Waals surface area contributed by atoms with E-state index in [1.807, 2.05) is 26.0 Å². The second kappa shape index (κ2) is 5.48. The fourth-order valence-electron chi connectivity index (χ4n) is 1.96. The quantitative estimate of drug-likeness (QED) is 0.870. The normalized spacial score (nSPS) is 10.7. The number of thiophene rings is 1. The lowest BCUT2D eigenvalue weighted by Crippen LogP contribution is -2.02. The molecule has 0 saturated heterocycles. The second-order valence-corrected chi connectivity index (χ2v) is 5.14. The minimum Gasteiger partial charge on any atom is -0.465 e. The molecule has 0 radical (unpaired) electrons. The molecule has 2 aromatic rings. The summed E-state index contributed by atoms with van der Waals surface area (Å²) in [5, 5.41) is 0. The lowest BCUT2D eigenvalue weighted by atomic mass is 10.1. The van der Waals surface area contributed by atoms with E-state index in [-0.39, 0.29) is 0 Å². The van der Waals surface area contributed by atoms with Crippen LogP contribution in [0.25, 0.3) is 10.6 Å². The fourth-order valence-corrected chi connectivity index (χ4v) is 3.15. The van der Waals surface area contributed by atoms with Gasteiger partial charge in [0.2, 0.25) is 0 Å². The van der Waals surface area contributed by atoms with Crippen molar-refractivity contribution in [2.45, 2.75) is 26.7 Å². The van der Waals surface area contributed by atoms with Crippen molar-refractivity contribution in [3.63, 3.8) is 0 Å². The Hall–Kier alpha value is -1.75. The molecule has 0 aromatic carbocycles. The van der Waals surface area contributed by atoms with Crippen molar-refractivity contribution in [1.82, 2.24) is 0 Å². The SMILES string of the molecule is CCc1ccc(-c2sc(C(=O)OC)c(N)c2CC)o1. The molecule has 0 aliphatic carbocycles. The third kappa shape index (κ3) is 2.38. The lowest BCUT2D eigenvalue weighted by molar-refractivity contribution is 0.0607. The van der Waals surface area contributed by atoms with Crippen LogP contribution >= 0.6 is 11.3 Å². The van der Waals surface area contributed by atoms with Crippen molar-refractivity contribution in [2.75, 3.05) is 12.8 Å². The Morgan fingerprint density at radius 3 is 2.63 bits per heavy atom. The number of rotatable bonds is 4. The Morgan fingerprint density at radius 1 is 1.37 bits per heavy atom. The van der Waals surface area contributed by atoms with Crippen LogP contribution in [0.1, 0.15) is 34.8 Å². The van der Waals surface area contributed by atoms with Gasteiger partial charge >= 0.3 is 5.97 Å². The summed E-state index contributed by atoms with van der Waals surface area (Å²) in [6.07, 6.45) is 1.59. The van der Waals surface area contributed by atoms with Gasteiger partial charge in [0.25, 0.3) is 0 Å². The molecule has 4 nitrogen and oxygen atoms in total. The number of furan rings is 1. The van der Waals surface area contributed by atoms with Gasteiger partial charge < -0.3 is 14.9 Å². The summed E-state index contributed by atoms with van der Waals surface area (Å²) in [6.45, 7) is 4.04. The van der Waals surface area contributed by atoms with Crippen LogP contribution in [-0.4, -0.2) is 13.1 Å². The van der Waals surface area contributed by atoms with Crippen molar-refractivity contribution in [3.05, 3.63) is 28.3 Å². The topological polar surface area (TPSA) is 65.5 Å². The van der Waals surface area contributed by atoms with Crippen LogP contribution in [0.5, 0.6) is 0 Å². The maximum absolute atomic E-state index is 11.7. The maximum Gasteiger partial charge on any atom is 0.350 e. The Kier molecular flexibility index (Phi) is 3.95. The number of nitrogens with two attached hydrogens (primary N) is 1. The molecule has 2 heterocycles. The van der Waals surface area contributed by atoms with Gasteiger partial charge in [-0.05, 0) is 24.1 Å². The number of carbonyl (C=O) groups is 1. The number of ether oxygens (including phenoxy) is 1. The van der Waals surface area contributed by atoms with Crippen LogP contribution in [0.3, 0.4) is 0 Å². The van der Waals surface area contributed by atoms with E-state index in [4.69, 9.17) is 14.9 Å². The van der Waals surface area contributed by atoms with E-state index < -0.39 is 5.97 Å². The summed E-state index contributed by atoms with van der Waals surface area (Å²) in [6, 6.07) is 3.87. The van der Waals surface area contributed by atoms with Gasteiger partial charge in [0.15, 0.2) is 0 Å². The first-order valence-corrected chi connectivity index (χ1v) is 7.02. The van der Waals surface area contributed by atoms with Crippen molar-refractivity contribution in [3.8, 4) is 10.6 Å². The third-order valence-corrected chi connectivity index (χ3v) is 4.25. The first-order valence-electron chi connectivity index (χ1n) is 6.20. The molecule has 0 unspecified atom stereocenters. The molecule has 0 atom stereocenters. The van der Waals surface area contributed by atoms with Crippen molar-refractivity contribution < 1.29 is 13.9 Å². The highest BCUT2D eigenvalue weighted by molar-refractivity contribution is 7.18. The average Bonchev–Trinajstić information content (AvgIpc) is 3.01. The Labute approximate surface area is 116 Å². The number of nitrogen functional groups attached to an aromatic ring is 1. The van der Waals surface area contributed by atoms with Gasteiger partial charge in [0.05, 0.1) is 17.7 Å². The minimum absolute atomic E-state index is 0.397. The number of anilines is 1. The monoisotopic (exact) mass is 279 g/mol. The molecule has 2 rings (SSSR count). The molecule has 2 N–H and O–H groups in total. The van der Waals surface area contributed by atoms with E-state index in [0.29, 0.717) is 10.6 Å². The number of hydrogen-bond donors (Lipinski definition) is 1. The van der Waals surface area contributed by atoms with E-state index in [1.54, 1.807) is 0 Å². The lowest BCUT2D eigenvalue weighted by Gasteiger charge is -1.99. The summed E-state index contributed by atoms with van der Waals surface area (Å²) in [4.78, 5) is 13.1. The Morgan fingerprint density at radius 2 is 2.11 bits per heavy atom. The highest BCUT2D eigenvalue weighted by atomic mass is 32.1. The molecule has 0 amide bonds. The summed E-state index contributed by atoms with van der Waals surface area (Å²) in [5.41, 5.74) is 7.49. The van der Waals surface area contributed by atoms with Gasteiger partial charge in [-0.25, -0.2) is 4.79 Å². The van der Waals surface area contributed by atoms with Gasteiger partial charge in [-0.1, -0.05) is 13.8 Å². The molecule has 102 valence electrons. The maximum atomic E-state index is 11.7. The van der Waals surface area contributed by atoms with E-state index in [0.717, 1.165) is 34.8 Å². The fraction of sp³-hybridized carbons (Fsp3) is 0.357. The van der Waals surface area contributed by atoms with Crippen LogP contribution in [0.4, 0.5) is 5.69 Å². The molecule has 0 spiro atoms. The Bertz CT molecular complexity index is 598. The largest absolute Gasteiger partial charge is 0.465 e. The van der Waals surface area contributed by atoms with Crippen LogP contribution in [-0.2, 0) is 17.6 Å². The number of esters is 1. The number of carbonyl (C=O) groups excluding carboxylic acids is 1. The molecule has 5 heteroatoms. The molecule has 0 aliphatic heterocycles. The zero-order valence-electron chi connectivity index (χ0n) is 11.3. The molecule has 0 saturated carbocycles. The van der Waals surface area contributed by atoms with Crippen LogP contribution in [0, 0.1) is 0 Å². The predicted molar refractivity (Wildman–Crippen MR) is 76.5 cm³/mol. The van der Waals surface area contributed by atoms with Crippen LogP contribution in [0.15, 0.2) is 16.5 Å². The molecule has 19 heavy (non-hydrogen) atoms. The van der Waals surface area contributed by atoms with Gasteiger partial charge in [0.1, 0.15) is 16.4 Å². The molecule has 0 fully saturated rings. The van der Waals surface area contributed by atoms with E-state index in [9.17, 15) is 4.79 Å². The molecular weight excluding hydrogens is 262 g/mol. The van der Waals surface area contributed by atoms with Crippen molar-refractivity contribution in [2.24, 2.45) is 0 Å². The van der Waals surface area contributed by atoms with Gasteiger partial charge in [0, 0.05) is 6.42 Å². The van der Waals surface area contributed by atoms with Gasteiger partial charge in [-0.2, -0.15) is 0 Å². The van der Waals surface area contributed by atoms with Crippen molar-refractivity contribution in [1.29, 1.82) is 0 Å². The summed E-state index contributed by atoms with van der Waals surface area (Å²) in [7, 11) is 1.36. The first-order chi connectivity index (χ1) is 9.12. The second-order valence-electron chi connectivity index (χ2n) is 4.12. The number of hydrogen-bond acceptors (Lipinski definition) is 5. The molecular formula is C14H17NO3S. The number of methoxy groups -OCH3 is 1. The van der Waals surface area contributed by atoms with E-state index >= 15 is 0 Å². The highest BCUT2D eigenvalue weighted by Crippen LogP contribution is 2.40. The van der Waals surface area contributed by atoms with E-state index in [2.05, 4.69) is 0 Å². The smallest absolute Gasteiger partial charge is 0.350 e. The molecule has 0 bridgehead atoms. The van der Waals surface area contributed by atoms with Crippen LogP contribution in [0.2, 0.25) is 0 Å². The zero-order valence-corrected chi connectivity index (χ0v) is 12.1. The summed E-state index contributed by atoms with van der Waals surface area (Å²) < 4.78 is 10.5. The first kappa shape index (κ1) is 13.7. The number of aryl methyl sites for hydroxylation is 1. The van der Waals surface area contributed by atoms with Crippen molar-refractivity contribution >= 4 is 23.0 Å². The molecule has 0 aliphatic rings. The molecule has 2 aromatic heterocycles. The highest BCUT2D eigenvalue weighted by Gasteiger charge is 2.22. The van der Waals surface area contributed by atoms with Gasteiger partial charge in [-0.15, -0.1) is 11.3 Å². The summed E-state index contributed by atoms with van der Waals surface area (Å²) >= 11 is 1.33. The zero-order chi connectivity index (χ0) is 14.0. The Balaban J connectivity index is 2.53. The predicted octanol–water partition coefficient (Wildman–Crippen LogP) is 3.50. The average molecular weight is 279 g/mol. The standard InChI is InChI=1S/C14H17NO3S/c1-4-8-6-7-10(18-8)12-9(5-2)11(15)13(19-12)14(16)17-3/h6-7H,4-5,15H2,1-3H3. The summed E-state index contributed by atoms with van der Waals surface area (Å²) in [5.74, 6) is 1.29. The minimum atomic E-state index is -0.397. The van der Waals surface area contributed by atoms with Crippen LogP contribution < -0.4 is 5.73 Å². The third-order valence-electron chi connectivity index (χ3n) is 3.01. The van der Waals surface area contributed by atoms with E-state index in [1.165, 1.54) is 18.4 Å².